The maximum Gasteiger partial charge on any atom is 0.317 e. The normalized spacial score (nSPS) is 25.5. The second-order valence-electron chi connectivity index (χ2n) is 7.11. The molecule has 112 valence electrons. The van der Waals surface area contributed by atoms with Crippen molar-refractivity contribution in [1.29, 1.82) is 0 Å². The topological polar surface area (TPSA) is 52.6 Å². The standard InChI is InChI=1S/C15H30N2O2/c1-5-6-16-13-7-12(8-15(2,3)4)9-17(10-13)11-14(18)19/h12-13,16H,5-11H2,1-4H3,(H,18,19). The first kappa shape index (κ1) is 16.4. The zero-order valence-electron chi connectivity index (χ0n) is 12.9. The molecule has 1 aliphatic rings. The van der Waals surface area contributed by atoms with Crippen LogP contribution in [0.5, 0.6) is 0 Å². The van der Waals surface area contributed by atoms with Crippen LogP contribution in [0.2, 0.25) is 0 Å². The van der Waals surface area contributed by atoms with Gasteiger partial charge in [-0.25, -0.2) is 0 Å². The van der Waals surface area contributed by atoms with Crippen LogP contribution in [0.1, 0.15) is 47.0 Å². The van der Waals surface area contributed by atoms with Gasteiger partial charge in [0, 0.05) is 19.1 Å². The van der Waals surface area contributed by atoms with Crippen molar-refractivity contribution in [3.8, 4) is 0 Å². The number of hydrogen-bond acceptors (Lipinski definition) is 3. The van der Waals surface area contributed by atoms with Crippen LogP contribution in [0.15, 0.2) is 0 Å². The van der Waals surface area contributed by atoms with Gasteiger partial charge in [-0.15, -0.1) is 0 Å². The lowest BCUT2D eigenvalue weighted by Gasteiger charge is -2.39. The molecule has 0 spiro atoms. The van der Waals surface area contributed by atoms with E-state index in [0.717, 1.165) is 32.5 Å². The highest BCUT2D eigenvalue weighted by atomic mass is 16.4. The van der Waals surface area contributed by atoms with E-state index in [1.165, 1.54) is 6.42 Å². The Hall–Kier alpha value is -0.610. The molecule has 1 rings (SSSR count). The van der Waals surface area contributed by atoms with E-state index in [0.29, 0.717) is 17.4 Å². The van der Waals surface area contributed by atoms with Gasteiger partial charge in [-0.2, -0.15) is 0 Å². The molecule has 0 radical (unpaired) electrons. The van der Waals surface area contributed by atoms with E-state index in [1.807, 2.05) is 0 Å². The molecular weight excluding hydrogens is 240 g/mol. The molecule has 0 aromatic heterocycles. The van der Waals surface area contributed by atoms with Gasteiger partial charge in [0.2, 0.25) is 0 Å². The summed E-state index contributed by atoms with van der Waals surface area (Å²) in [6.45, 7) is 11.9. The Morgan fingerprint density at radius 1 is 1.37 bits per heavy atom. The fraction of sp³-hybridized carbons (Fsp3) is 0.933. The molecule has 0 aliphatic carbocycles. The van der Waals surface area contributed by atoms with Gasteiger partial charge in [-0.05, 0) is 37.1 Å². The minimum absolute atomic E-state index is 0.172. The summed E-state index contributed by atoms with van der Waals surface area (Å²) in [7, 11) is 0. The molecule has 1 fully saturated rings. The average Bonchev–Trinajstić information content (AvgIpc) is 2.22. The smallest absolute Gasteiger partial charge is 0.317 e. The van der Waals surface area contributed by atoms with Crippen molar-refractivity contribution in [2.24, 2.45) is 11.3 Å². The summed E-state index contributed by atoms with van der Waals surface area (Å²) in [4.78, 5) is 13.0. The molecule has 19 heavy (non-hydrogen) atoms. The van der Waals surface area contributed by atoms with Crippen molar-refractivity contribution >= 4 is 5.97 Å². The Kier molecular flexibility index (Phi) is 6.27. The summed E-state index contributed by atoms with van der Waals surface area (Å²) < 4.78 is 0. The van der Waals surface area contributed by atoms with E-state index >= 15 is 0 Å². The highest BCUT2D eigenvalue weighted by molar-refractivity contribution is 5.69. The number of nitrogens with zero attached hydrogens (tertiary/aromatic N) is 1. The highest BCUT2D eigenvalue weighted by Gasteiger charge is 2.30. The van der Waals surface area contributed by atoms with Crippen LogP contribution in [0, 0.1) is 11.3 Å². The summed E-state index contributed by atoms with van der Waals surface area (Å²) in [6, 6.07) is 0.445. The van der Waals surface area contributed by atoms with Gasteiger partial charge in [-0.1, -0.05) is 27.7 Å². The second kappa shape index (κ2) is 7.25. The van der Waals surface area contributed by atoms with Crippen molar-refractivity contribution in [3.63, 3.8) is 0 Å². The maximum atomic E-state index is 10.9. The fourth-order valence-corrected chi connectivity index (χ4v) is 3.13. The molecule has 1 aliphatic heterocycles. The van der Waals surface area contributed by atoms with Crippen molar-refractivity contribution in [2.45, 2.75) is 53.0 Å². The Labute approximate surface area is 117 Å². The maximum absolute atomic E-state index is 10.9. The number of rotatable bonds is 6. The van der Waals surface area contributed by atoms with Gasteiger partial charge in [0.1, 0.15) is 0 Å². The minimum atomic E-state index is -0.717. The van der Waals surface area contributed by atoms with E-state index < -0.39 is 5.97 Å². The highest BCUT2D eigenvalue weighted by Crippen LogP contribution is 2.30. The van der Waals surface area contributed by atoms with Crippen LogP contribution >= 0.6 is 0 Å². The molecule has 0 aromatic carbocycles. The summed E-state index contributed by atoms with van der Waals surface area (Å²) in [5, 5.41) is 12.5. The lowest BCUT2D eigenvalue weighted by atomic mass is 9.80. The van der Waals surface area contributed by atoms with Gasteiger partial charge in [0.15, 0.2) is 0 Å². The molecular formula is C15H30N2O2. The number of nitrogens with one attached hydrogen (secondary N) is 1. The first-order valence-electron chi connectivity index (χ1n) is 7.47. The average molecular weight is 270 g/mol. The number of aliphatic carboxylic acids is 1. The lowest BCUT2D eigenvalue weighted by molar-refractivity contribution is -0.138. The Balaban J connectivity index is 2.57. The van der Waals surface area contributed by atoms with Crippen LogP contribution in [-0.2, 0) is 4.79 Å². The number of likely N-dealkylation sites (tertiary alicyclic amines) is 1. The van der Waals surface area contributed by atoms with Crippen LogP contribution in [0.3, 0.4) is 0 Å². The third kappa shape index (κ3) is 6.92. The third-order valence-corrected chi connectivity index (χ3v) is 3.56. The van der Waals surface area contributed by atoms with Crippen molar-refractivity contribution in [2.75, 3.05) is 26.2 Å². The van der Waals surface area contributed by atoms with Crippen LogP contribution in [-0.4, -0.2) is 48.2 Å². The molecule has 2 N–H and O–H groups in total. The number of carboxylic acid groups (broad SMARTS) is 1. The van der Waals surface area contributed by atoms with Crippen LogP contribution < -0.4 is 5.32 Å². The predicted octanol–water partition coefficient (Wildman–Crippen LogP) is 2.20. The third-order valence-electron chi connectivity index (χ3n) is 3.56. The van der Waals surface area contributed by atoms with E-state index in [1.54, 1.807) is 0 Å². The van der Waals surface area contributed by atoms with Crippen molar-refractivity contribution in [1.82, 2.24) is 10.2 Å². The molecule has 0 amide bonds. The Morgan fingerprint density at radius 3 is 2.58 bits per heavy atom. The van der Waals surface area contributed by atoms with Crippen LogP contribution in [0.25, 0.3) is 0 Å². The number of carbonyl (C=O) groups is 1. The molecule has 4 nitrogen and oxygen atoms in total. The molecule has 1 saturated heterocycles. The largest absolute Gasteiger partial charge is 0.480 e. The molecule has 0 saturated carbocycles. The van der Waals surface area contributed by atoms with Crippen molar-refractivity contribution in [3.05, 3.63) is 0 Å². The molecule has 0 bridgehead atoms. The number of carboxylic acids is 1. The van der Waals surface area contributed by atoms with E-state index in [4.69, 9.17) is 5.11 Å². The summed E-state index contributed by atoms with van der Waals surface area (Å²) in [5.74, 6) is -0.117. The minimum Gasteiger partial charge on any atom is -0.480 e. The predicted molar refractivity (Wildman–Crippen MR) is 78.3 cm³/mol. The molecule has 0 aromatic rings. The quantitative estimate of drug-likeness (QED) is 0.777. The molecule has 2 unspecified atom stereocenters. The monoisotopic (exact) mass is 270 g/mol. The van der Waals surface area contributed by atoms with Gasteiger partial charge < -0.3 is 10.4 Å². The van der Waals surface area contributed by atoms with Crippen molar-refractivity contribution < 1.29 is 9.90 Å². The lowest BCUT2D eigenvalue weighted by Crippen LogP contribution is -2.51. The molecule has 4 heteroatoms. The van der Waals surface area contributed by atoms with Gasteiger partial charge in [0.05, 0.1) is 6.54 Å². The van der Waals surface area contributed by atoms with E-state index in [-0.39, 0.29) is 6.54 Å². The molecule has 1 heterocycles. The van der Waals surface area contributed by atoms with Crippen LogP contribution in [0.4, 0.5) is 0 Å². The zero-order chi connectivity index (χ0) is 14.5. The molecule has 2 atom stereocenters. The van der Waals surface area contributed by atoms with Gasteiger partial charge in [-0.3, -0.25) is 9.69 Å². The number of hydrogen-bond donors (Lipinski definition) is 2. The number of piperidine rings is 1. The summed E-state index contributed by atoms with van der Waals surface area (Å²) in [5.41, 5.74) is 0.312. The first-order chi connectivity index (χ1) is 8.80. The SMILES string of the molecule is CCCNC1CC(CC(C)(C)C)CN(CC(=O)O)C1. The van der Waals surface area contributed by atoms with Gasteiger partial charge >= 0.3 is 5.97 Å². The summed E-state index contributed by atoms with van der Waals surface area (Å²) in [6.07, 6.45) is 3.46. The van der Waals surface area contributed by atoms with E-state index in [9.17, 15) is 4.79 Å². The first-order valence-corrected chi connectivity index (χ1v) is 7.47. The second-order valence-corrected chi connectivity index (χ2v) is 7.11. The fourth-order valence-electron chi connectivity index (χ4n) is 3.13. The Morgan fingerprint density at radius 2 is 2.05 bits per heavy atom. The Bertz CT molecular complexity index is 286. The summed E-state index contributed by atoms with van der Waals surface area (Å²) >= 11 is 0. The van der Waals surface area contributed by atoms with E-state index in [2.05, 4.69) is 37.9 Å². The zero-order valence-corrected chi connectivity index (χ0v) is 12.9. The van der Waals surface area contributed by atoms with Gasteiger partial charge in [0.25, 0.3) is 0 Å².